The number of anilines is 1. The minimum absolute atomic E-state index is 0.0367. The average molecular weight is 673 g/mol. The molecule has 0 saturated carbocycles. The summed E-state index contributed by atoms with van der Waals surface area (Å²) >= 11 is 0. The molecule has 0 aliphatic carbocycles. The number of aryl methyl sites for hydroxylation is 1. The number of aromatic hydroxyl groups is 2. The number of phenolic OH excluding ortho intramolecular Hbond substituents is 1. The molecule has 1 fully saturated rings. The summed E-state index contributed by atoms with van der Waals surface area (Å²) in [5.41, 5.74) is 4.32. The smallest absolute Gasteiger partial charge is 0.364 e. The van der Waals surface area contributed by atoms with Crippen LogP contribution in [0.3, 0.4) is 0 Å². The highest BCUT2D eigenvalue weighted by atomic mass is 16.7. The molecule has 1 aliphatic rings. The Morgan fingerprint density at radius 1 is 1.00 bits per heavy atom. The lowest BCUT2D eigenvalue weighted by Crippen LogP contribution is -2.65. The largest absolute Gasteiger partial charge is 0.507 e. The second-order valence-electron chi connectivity index (χ2n) is 12.2. The fraction of sp³-hybridized carbons (Fsp3) is 0.278. The number of amides is 1. The molecule has 13 heteroatoms. The third-order valence-corrected chi connectivity index (χ3v) is 8.64. The summed E-state index contributed by atoms with van der Waals surface area (Å²) in [6.07, 6.45) is -6.46. The molecule has 0 bridgehead atoms. The van der Waals surface area contributed by atoms with Gasteiger partial charge in [0.05, 0.1) is 11.0 Å². The Labute approximate surface area is 280 Å². The monoisotopic (exact) mass is 672 g/mol. The fourth-order valence-electron chi connectivity index (χ4n) is 6.26. The van der Waals surface area contributed by atoms with E-state index in [1.54, 1.807) is 20.8 Å². The minimum atomic E-state index is -1.71. The molecule has 13 nitrogen and oxygen atoms in total. The summed E-state index contributed by atoms with van der Waals surface area (Å²) in [5, 5.41) is 46.9. The highest BCUT2D eigenvalue weighted by Gasteiger charge is 2.52. The molecular weight excluding hydrogens is 636 g/mol. The number of methoxy groups -OCH3 is 1. The van der Waals surface area contributed by atoms with Gasteiger partial charge in [0.2, 0.25) is 12.7 Å². The number of nitrogens with one attached hydrogen (secondary N) is 1. The molecule has 5 aromatic rings. The van der Waals surface area contributed by atoms with Crippen LogP contribution in [0.4, 0.5) is 5.69 Å². The van der Waals surface area contributed by atoms with Crippen molar-refractivity contribution < 1.29 is 48.6 Å². The van der Waals surface area contributed by atoms with Gasteiger partial charge in [-0.3, -0.25) is 10.5 Å². The third-order valence-electron chi connectivity index (χ3n) is 8.64. The van der Waals surface area contributed by atoms with Gasteiger partial charge in [0, 0.05) is 23.8 Å². The number of nitrogens with two attached hydrogens (primary N) is 1. The van der Waals surface area contributed by atoms with Crippen LogP contribution in [0.5, 0.6) is 17.2 Å². The van der Waals surface area contributed by atoms with Gasteiger partial charge >= 0.3 is 5.63 Å². The Morgan fingerprint density at radius 2 is 1.73 bits per heavy atom. The number of benzene rings is 4. The van der Waals surface area contributed by atoms with Gasteiger partial charge in [-0.05, 0) is 67.4 Å². The first kappa shape index (κ1) is 33.9. The van der Waals surface area contributed by atoms with Gasteiger partial charge in [-0.15, -0.1) is 0 Å². The van der Waals surface area contributed by atoms with Crippen LogP contribution < -0.4 is 21.4 Å². The van der Waals surface area contributed by atoms with E-state index in [-0.39, 0.29) is 33.6 Å². The van der Waals surface area contributed by atoms with Crippen molar-refractivity contribution >= 4 is 33.3 Å². The summed E-state index contributed by atoms with van der Waals surface area (Å²) < 4.78 is 28.3. The second-order valence-corrected chi connectivity index (χ2v) is 12.2. The lowest BCUT2D eigenvalue weighted by Gasteiger charge is -2.48. The van der Waals surface area contributed by atoms with Crippen molar-refractivity contribution in [2.45, 2.75) is 57.4 Å². The summed E-state index contributed by atoms with van der Waals surface area (Å²) in [5.74, 6) is -1.16. The zero-order valence-electron chi connectivity index (χ0n) is 27.0. The third kappa shape index (κ3) is 6.31. The molecule has 256 valence electrons. The van der Waals surface area contributed by atoms with E-state index in [1.807, 2.05) is 42.5 Å². The Bertz CT molecular complexity index is 2100. The SMILES string of the molecule is CO[C@@H]1[C@@H](OC(N)O)[C@@H](O)[C@H](Oc2ccc3c(O)c(NC(=O)c4ccc(O)c(-c5cccc6ccccc56)c4)c(=O)oc3c2C)OC1(C)C. The second kappa shape index (κ2) is 13.1. The summed E-state index contributed by atoms with van der Waals surface area (Å²) in [7, 11) is 1.40. The molecule has 1 unspecified atom stereocenters. The average Bonchev–Trinajstić information content (AvgIpc) is 3.06. The molecule has 1 saturated heterocycles. The number of ether oxygens (including phenoxy) is 4. The molecule has 1 aromatic heterocycles. The van der Waals surface area contributed by atoms with E-state index in [1.165, 1.54) is 37.4 Å². The molecule has 0 radical (unpaired) electrons. The maximum atomic E-state index is 13.4. The molecule has 4 aromatic carbocycles. The van der Waals surface area contributed by atoms with Crippen LogP contribution in [-0.2, 0) is 14.2 Å². The van der Waals surface area contributed by atoms with Gasteiger partial charge in [-0.25, -0.2) is 4.79 Å². The Balaban J connectivity index is 1.29. The number of hydrogen-bond donors (Lipinski definition) is 6. The van der Waals surface area contributed by atoms with Crippen molar-refractivity contribution in [3.63, 3.8) is 0 Å². The van der Waals surface area contributed by atoms with Crippen LogP contribution >= 0.6 is 0 Å². The highest BCUT2D eigenvalue weighted by molar-refractivity contribution is 6.08. The molecule has 7 N–H and O–H groups in total. The van der Waals surface area contributed by atoms with Crippen molar-refractivity contribution in [2.75, 3.05) is 12.4 Å². The highest BCUT2D eigenvalue weighted by Crippen LogP contribution is 2.39. The molecule has 49 heavy (non-hydrogen) atoms. The van der Waals surface area contributed by atoms with Gasteiger partial charge in [0.25, 0.3) is 5.91 Å². The zero-order chi connectivity index (χ0) is 35.2. The number of phenols is 1. The number of aliphatic hydroxyl groups is 2. The van der Waals surface area contributed by atoms with Crippen molar-refractivity contribution in [3.8, 4) is 28.4 Å². The van der Waals surface area contributed by atoms with E-state index in [4.69, 9.17) is 29.1 Å². The van der Waals surface area contributed by atoms with Crippen LogP contribution in [0, 0.1) is 6.92 Å². The molecule has 6 rings (SSSR count). The lowest BCUT2D eigenvalue weighted by molar-refractivity contribution is -0.329. The van der Waals surface area contributed by atoms with Gasteiger partial charge in [-0.2, -0.15) is 0 Å². The van der Waals surface area contributed by atoms with Gasteiger partial charge in [-0.1, -0.05) is 42.5 Å². The van der Waals surface area contributed by atoms with Crippen LogP contribution in [0.15, 0.2) is 82.0 Å². The summed E-state index contributed by atoms with van der Waals surface area (Å²) in [6, 6.07) is 20.4. The first-order valence-corrected chi connectivity index (χ1v) is 15.4. The van der Waals surface area contributed by atoms with Gasteiger partial charge < -0.3 is 49.1 Å². The van der Waals surface area contributed by atoms with Crippen LogP contribution in [0.2, 0.25) is 0 Å². The molecule has 2 heterocycles. The van der Waals surface area contributed by atoms with E-state index in [2.05, 4.69) is 5.32 Å². The van der Waals surface area contributed by atoms with Crippen LogP contribution in [0.1, 0.15) is 29.8 Å². The predicted octanol–water partition coefficient (Wildman–Crippen LogP) is 4.09. The number of fused-ring (bicyclic) bond motifs is 2. The van der Waals surface area contributed by atoms with Crippen molar-refractivity contribution in [1.29, 1.82) is 0 Å². The van der Waals surface area contributed by atoms with E-state index in [9.17, 15) is 30.0 Å². The van der Waals surface area contributed by atoms with Crippen molar-refractivity contribution in [1.82, 2.24) is 0 Å². The molecule has 1 aliphatic heterocycles. The maximum Gasteiger partial charge on any atom is 0.364 e. The van der Waals surface area contributed by atoms with E-state index >= 15 is 0 Å². The zero-order valence-corrected chi connectivity index (χ0v) is 27.0. The van der Waals surface area contributed by atoms with Crippen LogP contribution in [-0.4, -0.2) is 70.1 Å². The standard InChI is InChI=1S/C36H36N2O11/c1-17-25(46-34-28(41)30(48-35(37)44)31(45-4)36(2,3)49-34)15-13-22-27(40)26(33(43)47-29(17)22)38-32(42)19-12-14-24(39)23(16-19)21-11-7-9-18-8-5-6-10-20(18)21/h5-16,28,30-31,34-35,39-41,44H,37H2,1-4H3,(H,38,42)/t28-,30+,31-,34-,35?/m1/s1. The topological polar surface area (TPSA) is 203 Å². The first-order chi connectivity index (χ1) is 23.3. The Kier molecular flexibility index (Phi) is 9.07. The van der Waals surface area contributed by atoms with E-state index in [0.29, 0.717) is 11.1 Å². The normalized spacial score (nSPS) is 21.0. The Hall–Kier alpha value is -5.02. The van der Waals surface area contributed by atoms with Gasteiger partial charge in [0.15, 0.2) is 11.4 Å². The number of carbonyl (C=O) groups excluding carboxylic acids is 1. The predicted molar refractivity (Wildman–Crippen MR) is 179 cm³/mol. The Morgan fingerprint density at radius 3 is 2.47 bits per heavy atom. The number of carbonyl (C=O) groups is 1. The summed E-state index contributed by atoms with van der Waals surface area (Å²) in [6.45, 7) is 4.94. The summed E-state index contributed by atoms with van der Waals surface area (Å²) in [4.78, 5) is 26.6. The van der Waals surface area contributed by atoms with Crippen molar-refractivity contribution in [3.05, 3.63) is 94.3 Å². The molecular formula is C36H36N2O11. The minimum Gasteiger partial charge on any atom is -0.507 e. The number of rotatable bonds is 8. The van der Waals surface area contributed by atoms with E-state index < -0.39 is 59.6 Å². The maximum absolute atomic E-state index is 13.4. The van der Waals surface area contributed by atoms with Gasteiger partial charge in [0.1, 0.15) is 35.4 Å². The fourth-order valence-corrected chi connectivity index (χ4v) is 6.26. The molecule has 5 atom stereocenters. The van der Waals surface area contributed by atoms with Crippen LogP contribution in [0.25, 0.3) is 32.9 Å². The van der Waals surface area contributed by atoms with E-state index in [0.717, 1.165) is 10.8 Å². The lowest BCUT2D eigenvalue weighted by atomic mass is 9.89. The number of hydrogen-bond acceptors (Lipinski definition) is 12. The number of aliphatic hydroxyl groups excluding tert-OH is 2. The first-order valence-electron chi connectivity index (χ1n) is 15.4. The quantitative estimate of drug-likeness (QED) is 0.102. The van der Waals surface area contributed by atoms with Crippen molar-refractivity contribution in [2.24, 2.45) is 5.73 Å². The molecule has 0 spiro atoms. The molecule has 1 amide bonds.